The van der Waals surface area contributed by atoms with Gasteiger partial charge < -0.3 is 5.11 Å². The highest BCUT2D eigenvalue weighted by Crippen LogP contribution is 2.40. The predicted molar refractivity (Wildman–Crippen MR) is 61.2 cm³/mol. The highest BCUT2D eigenvalue weighted by atomic mass is 19.4. The minimum Gasteiger partial charge on any atom is -0.477 e. The number of aromatic nitrogens is 2. The minimum absolute atomic E-state index is 0.131. The highest BCUT2D eigenvalue weighted by Gasteiger charge is 2.42. The lowest BCUT2D eigenvalue weighted by molar-refractivity contribution is -0.142. The van der Waals surface area contributed by atoms with Gasteiger partial charge in [0.15, 0.2) is 5.69 Å². The van der Waals surface area contributed by atoms with E-state index < -0.39 is 47.4 Å². The number of halogens is 5. The molecule has 1 aliphatic rings. The van der Waals surface area contributed by atoms with Gasteiger partial charge in [0.25, 0.3) is 0 Å². The quantitative estimate of drug-likeness (QED) is 0.871. The normalized spacial score (nSPS) is 21.7. The van der Waals surface area contributed by atoms with Crippen LogP contribution in [0.4, 0.5) is 22.0 Å². The maximum Gasteiger partial charge on any atom is 0.435 e. The second-order valence-electron chi connectivity index (χ2n) is 5.27. The van der Waals surface area contributed by atoms with E-state index in [1.54, 1.807) is 0 Å². The highest BCUT2D eigenvalue weighted by molar-refractivity contribution is 5.87. The largest absolute Gasteiger partial charge is 0.477 e. The topological polar surface area (TPSA) is 55.1 Å². The summed E-state index contributed by atoms with van der Waals surface area (Å²) in [6.45, 7) is 0.757. The Morgan fingerprint density at radius 2 is 2.10 bits per heavy atom. The number of hydrogen-bond donors (Lipinski definition) is 1. The zero-order valence-electron chi connectivity index (χ0n) is 11.0. The van der Waals surface area contributed by atoms with Crippen LogP contribution in [-0.4, -0.2) is 26.8 Å². The van der Waals surface area contributed by atoms with Crippen molar-refractivity contribution in [3.8, 4) is 0 Å². The van der Waals surface area contributed by atoms with E-state index >= 15 is 0 Å². The number of carboxylic acid groups (broad SMARTS) is 1. The van der Waals surface area contributed by atoms with E-state index in [2.05, 4.69) is 5.10 Å². The average Bonchev–Trinajstić information content (AvgIpc) is 2.79. The first-order chi connectivity index (χ1) is 9.51. The second kappa shape index (κ2) is 4.96. The molecule has 4 nitrogen and oxygen atoms in total. The standard InChI is InChI=1S/C12H13F5N2O2/c1-6-8(10(20)21)19(18-9(6)12(15,16)17)5-7-2-3-11(13,14)4-7/h7H,2-5H2,1H3,(H,20,21). The number of carboxylic acids is 1. The third kappa shape index (κ3) is 3.16. The van der Waals surface area contributed by atoms with E-state index in [0.29, 0.717) is 4.68 Å². The fraction of sp³-hybridized carbons (Fsp3) is 0.667. The van der Waals surface area contributed by atoms with Crippen molar-refractivity contribution in [3.63, 3.8) is 0 Å². The number of aromatic carboxylic acids is 1. The molecule has 0 aliphatic heterocycles. The zero-order valence-corrected chi connectivity index (χ0v) is 11.0. The molecule has 1 unspecified atom stereocenters. The summed E-state index contributed by atoms with van der Waals surface area (Å²) in [6.07, 6.45) is -5.45. The number of carbonyl (C=O) groups is 1. The maximum atomic E-state index is 13.1. The van der Waals surface area contributed by atoms with Gasteiger partial charge >= 0.3 is 12.1 Å². The van der Waals surface area contributed by atoms with Crippen molar-refractivity contribution < 1.29 is 31.9 Å². The van der Waals surface area contributed by atoms with Crippen molar-refractivity contribution in [2.75, 3.05) is 0 Å². The van der Waals surface area contributed by atoms with Crippen LogP contribution in [0, 0.1) is 12.8 Å². The molecule has 21 heavy (non-hydrogen) atoms. The summed E-state index contributed by atoms with van der Waals surface area (Å²) < 4.78 is 65.2. The molecule has 1 N–H and O–H groups in total. The lowest BCUT2D eigenvalue weighted by Crippen LogP contribution is -2.17. The SMILES string of the molecule is Cc1c(C(F)(F)F)nn(CC2CCC(F)(F)C2)c1C(=O)O. The molecule has 2 rings (SSSR count). The summed E-state index contributed by atoms with van der Waals surface area (Å²) in [5.74, 6) is -4.98. The Labute approximate surface area is 116 Å². The van der Waals surface area contributed by atoms with Crippen LogP contribution in [-0.2, 0) is 12.7 Å². The van der Waals surface area contributed by atoms with Crippen LogP contribution in [0.3, 0.4) is 0 Å². The average molecular weight is 312 g/mol. The molecule has 0 aromatic carbocycles. The van der Waals surface area contributed by atoms with Crippen molar-refractivity contribution in [3.05, 3.63) is 17.0 Å². The minimum atomic E-state index is -4.78. The van der Waals surface area contributed by atoms with Gasteiger partial charge in [0.2, 0.25) is 5.92 Å². The Morgan fingerprint density at radius 1 is 1.48 bits per heavy atom. The summed E-state index contributed by atoms with van der Waals surface area (Å²) in [7, 11) is 0. The molecule has 1 aliphatic carbocycles. The van der Waals surface area contributed by atoms with Gasteiger partial charge in [0, 0.05) is 24.9 Å². The number of hydrogen-bond acceptors (Lipinski definition) is 2. The van der Waals surface area contributed by atoms with Crippen LogP contribution in [0.25, 0.3) is 0 Å². The molecule has 1 saturated carbocycles. The number of rotatable bonds is 3. The molecule has 0 spiro atoms. The van der Waals surface area contributed by atoms with E-state index in [4.69, 9.17) is 5.11 Å². The Balaban J connectivity index is 2.33. The summed E-state index contributed by atoms with van der Waals surface area (Å²) in [6, 6.07) is 0. The van der Waals surface area contributed by atoms with Gasteiger partial charge in [0.1, 0.15) is 5.69 Å². The zero-order chi connectivity index (χ0) is 16.0. The summed E-state index contributed by atoms with van der Waals surface area (Å²) in [4.78, 5) is 11.1. The molecule has 1 fully saturated rings. The van der Waals surface area contributed by atoms with Crippen molar-refractivity contribution in [2.45, 2.75) is 44.8 Å². The lowest BCUT2D eigenvalue weighted by Gasteiger charge is -2.12. The van der Waals surface area contributed by atoms with E-state index in [1.165, 1.54) is 0 Å². The fourth-order valence-electron chi connectivity index (χ4n) is 2.67. The fourth-order valence-corrected chi connectivity index (χ4v) is 2.67. The third-order valence-electron chi connectivity index (χ3n) is 3.60. The van der Waals surface area contributed by atoms with Crippen LogP contribution in [0.5, 0.6) is 0 Å². The Morgan fingerprint density at radius 3 is 2.52 bits per heavy atom. The summed E-state index contributed by atoms with van der Waals surface area (Å²) >= 11 is 0. The molecule has 118 valence electrons. The van der Waals surface area contributed by atoms with Crippen LogP contribution < -0.4 is 0 Å². The monoisotopic (exact) mass is 312 g/mol. The lowest BCUT2D eigenvalue weighted by atomic mass is 10.1. The molecular formula is C12H13F5N2O2. The van der Waals surface area contributed by atoms with Gasteiger partial charge in [-0.3, -0.25) is 4.68 Å². The Kier molecular flexibility index (Phi) is 3.71. The first-order valence-electron chi connectivity index (χ1n) is 6.27. The molecule has 1 aromatic heterocycles. The number of nitrogens with zero attached hydrogens (tertiary/aromatic N) is 2. The van der Waals surface area contributed by atoms with Gasteiger partial charge in [-0.15, -0.1) is 0 Å². The summed E-state index contributed by atoms with van der Waals surface area (Å²) in [5, 5.41) is 12.3. The smallest absolute Gasteiger partial charge is 0.435 e. The first kappa shape index (κ1) is 15.7. The van der Waals surface area contributed by atoms with Gasteiger partial charge in [-0.1, -0.05) is 0 Å². The van der Waals surface area contributed by atoms with E-state index in [0.717, 1.165) is 6.92 Å². The van der Waals surface area contributed by atoms with Crippen LogP contribution in [0.1, 0.15) is 41.0 Å². The van der Waals surface area contributed by atoms with E-state index in [1.807, 2.05) is 0 Å². The first-order valence-corrected chi connectivity index (χ1v) is 6.27. The van der Waals surface area contributed by atoms with Gasteiger partial charge in [-0.05, 0) is 19.3 Å². The molecule has 1 atom stereocenters. The van der Waals surface area contributed by atoms with Crippen LogP contribution >= 0.6 is 0 Å². The van der Waals surface area contributed by atoms with Crippen LogP contribution in [0.2, 0.25) is 0 Å². The molecule has 0 amide bonds. The van der Waals surface area contributed by atoms with Gasteiger partial charge in [-0.25, -0.2) is 13.6 Å². The molecule has 1 aromatic rings. The van der Waals surface area contributed by atoms with Crippen molar-refractivity contribution in [2.24, 2.45) is 5.92 Å². The van der Waals surface area contributed by atoms with E-state index in [9.17, 15) is 26.7 Å². The van der Waals surface area contributed by atoms with Gasteiger partial charge in [-0.2, -0.15) is 18.3 Å². The maximum absolute atomic E-state index is 13.1. The van der Waals surface area contributed by atoms with Crippen molar-refractivity contribution >= 4 is 5.97 Å². The molecular weight excluding hydrogens is 299 g/mol. The summed E-state index contributed by atoms with van der Waals surface area (Å²) in [5.41, 5.74) is -2.39. The molecule has 0 saturated heterocycles. The predicted octanol–water partition coefficient (Wildman–Crippen LogP) is 3.34. The van der Waals surface area contributed by atoms with E-state index in [-0.39, 0.29) is 19.4 Å². The third-order valence-corrected chi connectivity index (χ3v) is 3.60. The van der Waals surface area contributed by atoms with Crippen molar-refractivity contribution in [1.29, 1.82) is 0 Å². The van der Waals surface area contributed by atoms with Crippen LogP contribution in [0.15, 0.2) is 0 Å². The molecule has 9 heteroatoms. The van der Waals surface area contributed by atoms with Crippen molar-refractivity contribution in [1.82, 2.24) is 9.78 Å². The second-order valence-corrected chi connectivity index (χ2v) is 5.27. The molecule has 1 heterocycles. The number of alkyl halides is 5. The molecule has 0 bridgehead atoms. The van der Waals surface area contributed by atoms with Gasteiger partial charge in [0.05, 0.1) is 0 Å². The Hall–Kier alpha value is -1.67. The Bertz CT molecular complexity index is 565. The molecule has 0 radical (unpaired) electrons.